The average Bonchev–Trinajstić information content (AvgIpc) is 2.56. The van der Waals surface area contributed by atoms with Gasteiger partial charge in [0.25, 0.3) is 0 Å². The van der Waals surface area contributed by atoms with Crippen LogP contribution >= 0.6 is 0 Å². The molecule has 0 saturated carbocycles. The molecule has 1 aliphatic rings. The Labute approximate surface area is 131 Å². The summed E-state index contributed by atoms with van der Waals surface area (Å²) in [5.41, 5.74) is -1.20. The van der Waals surface area contributed by atoms with E-state index >= 15 is 0 Å². The maximum atomic E-state index is 11.9. The van der Waals surface area contributed by atoms with E-state index in [1.807, 2.05) is 0 Å². The van der Waals surface area contributed by atoms with Crippen LogP contribution in [0.5, 0.6) is 0 Å². The molecule has 7 heteroatoms. The summed E-state index contributed by atoms with van der Waals surface area (Å²) in [6.07, 6.45) is 0.0405. The molecule has 2 amide bonds. The lowest BCUT2D eigenvalue weighted by atomic mass is 10.1. The minimum absolute atomic E-state index is 0.0405. The number of carbonyl (C=O) groups excluding carboxylic acids is 3. The Balaban J connectivity index is 2.62. The summed E-state index contributed by atoms with van der Waals surface area (Å²) in [5, 5.41) is 2.63. The van der Waals surface area contributed by atoms with Crippen molar-refractivity contribution in [1.29, 1.82) is 0 Å². The van der Waals surface area contributed by atoms with E-state index in [1.54, 1.807) is 41.5 Å². The molecule has 1 atom stereocenters. The van der Waals surface area contributed by atoms with Gasteiger partial charge in [0.1, 0.15) is 17.7 Å². The van der Waals surface area contributed by atoms with Crippen molar-refractivity contribution in [3.05, 3.63) is 0 Å². The molecule has 0 aliphatic carbocycles. The highest BCUT2D eigenvalue weighted by molar-refractivity contribution is 5.84. The largest absolute Gasteiger partial charge is 0.460 e. The van der Waals surface area contributed by atoms with Gasteiger partial charge in [0, 0.05) is 6.54 Å². The zero-order valence-electron chi connectivity index (χ0n) is 14.2. The Morgan fingerprint density at radius 3 is 2.09 bits per heavy atom. The quantitative estimate of drug-likeness (QED) is 0.794. The number of esters is 2. The van der Waals surface area contributed by atoms with Gasteiger partial charge in [-0.2, -0.15) is 0 Å². The van der Waals surface area contributed by atoms with Crippen molar-refractivity contribution in [3.63, 3.8) is 0 Å². The second-order valence-corrected chi connectivity index (χ2v) is 7.34. The normalized spacial score (nSPS) is 18.9. The number of amides is 2. The van der Waals surface area contributed by atoms with E-state index in [-0.39, 0.29) is 19.0 Å². The van der Waals surface area contributed by atoms with Crippen LogP contribution in [0.3, 0.4) is 0 Å². The predicted molar refractivity (Wildman–Crippen MR) is 80.2 cm³/mol. The fourth-order valence-corrected chi connectivity index (χ4v) is 2.05. The molecule has 7 nitrogen and oxygen atoms in total. The van der Waals surface area contributed by atoms with Crippen LogP contribution in [0.15, 0.2) is 0 Å². The third-order valence-electron chi connectivity index (χ3n) is 2.73. The van der Waals surface area contributed by atoms with Crippen molar-refractivity contribution >= 4 is 18.0 Å². The molecule has 0 radical (unpaired) electrons. The average molecular weight is 314 g/mol. The van der Waals surface area contributed by atoms with Gasteiger partial charge < -0.3 is 19.7 Å². The van der Waals surface area contributed by atoms with Crippen molar-refractivity contribution in [2.75, 3.05) is 13.1 Å². The molecule has 1 saturated heterocycles. The van der Waals surface area contributed by atoms with Crippen molar-refractivity contribution in [2.24, 2.45) is 0 Å². The first-order chi connectivity index (χ1) is 9.87. The lowest BCUT2D eigenvalue weighted by Crippen LogP contribution is -2.42. The summed E-state index contributed by atoms with van der Waals surface area (Å²) in [6.45, 7) is 10.7. The molecule has 0 aromatic carbocycles. The minimum Gasteiger partial charge on any atom is -0.460 e. The highest BCUT2D eigenvalue weighted by Gasteiger charge is 2.35. The molecular weight excluding hydrogens is 288 g/mol. The maximum absolute atomic E-state index is 11.9. The SMILES string of the molecule is CC(C)(C)OC(=O)CC1CNC(=O)N1CC(=O)OC(C)(C)C. The van der Waals surface area contributed by atoms with E-state index in [9.17, 15) is 14.4 Å². The first kappa shape index (κ1) is 18.3. The molecule has 1 fully saturated rings. The van der Waals surface area contributed by atoms with Gasteiger partial charge in [0.05, 0.1) is 12.5 Å². The highest BCUT2D eigenvalue weighted by Crippen LogP contribution is 2.16. The third-order valence-corrected chi connectivity index (χ3v) is 2.73. The monoisotopic (exact) mass is 314 g/mol. The van der Waals surface area contributed by atoms with Crippen LogP contribution in [0.25, 0.3) is 0 Å². The van der Waals surface area contributed by atoms with Crippen molar-refractivity contribution in [3.8, 4) is 0 Å². The van der Waals surface area contributed by atoms with E-state index in [0.717, 1.165) is 0 Å². The van der Waals surface area contributed by atoms with Crippen LogP contribution in [0, 0.1) is 0 Å². The number of hydrogen-bond acceptors (Lipinski definition) is 5. The molecule has 0 aromatic rings. The molecule has 22 heavy (non-hydrogen) atoms. The summed E-state index contributed by atoms with van der Waals surface area (Å²) in [4.78, 5) is 36.9. The molecule has 1 unspecified atom stereocenters. The highest BCUT2D eigenvalue weighted by atomic mass is 16.6. The number of ether oxygens (including phenoxy) is 2. The van der Waals surface area contributed by atoms with E-state index < -0.39 is 29.2 Å². The fraction of sp³-hybridized carbons (Fsp3) is 0.800. The van der Waals surface area contributed by atoms with Gasteiger partial charge in [-0.3, -0.25) is 9.59 Å². The van der Waals surface area contributed by atoms with Crippen molar-refractivity contribution in [1.82, 2.24) is 10.2 Å². The van der Waals surface area contributed by atoms with Crippen LogP contribution in [0.2, 0.25) is 0 Å². The van der Waals surface area contributed by atoms with Crippen LogP contribution in [-0.2, 0) is 19.1 Å². The number of urea groups is 1. The van der Waals surface area contributed by atoms with Gasteiger partial charge in [-0.05, 0) is 41.5 Å². The van der Waals surface area contributed by atoms with Crippen LogP contribution < -0.4 is 5.32 Å². The van der Waals surface area contributed by atoms with Gasteiger partial charge in [0.15, 0.2) is 0 Å². The molecule has 1 N–H and O–H groups in total. The Morgan fingerprint density at radius 1 is 1.09 bits per heavy atom. The molecule has 1 heterocycles. The Morgan fingerprint density at radius 2 is 1.59 bits per heavy atom. The third kappa shape index (κ3) is 6.32. The standard InChI is InChI=1S/C15H26N2O5/c1-14(2,3)21-11(18)7-10-8-16-13(20)17(10)9-12(19)22-15(4,5)6/h10H,7-9H2,1-6H3,(H,16,20). The number of nitrogens with one attached hydrogen (secondary N) is 1. The van der Waals surface area contributed by atoms with E-state index in [1.165, 1.54) is 4.90 Å². The van der Waals surface area contributed by atoms with E-state index in [0.29, 0.717) is 6.54 Å². The number of rotatable bonds is 4. The Hall–Kier alpha value is -1.79. The van der Waals surface area contributed by atoms with Gasteiger partial charge in [-0.1, -0.05) is 0 Å². The molecule has 0 bridgehead atoms. The topological polar surface area (TPSA) is 84.9 Å². The summed E-state index contributed by atoms with van der Waals surface area (Å²) in [5.74, 6) is -0.901. The second-order valence-electron chi connectivity index (χ2n) is 7.34. The minimum atomic E-state index is -0.617. The maximum Gasteiger partial charge on any atom is 0.326 e. The smallest absolute Gasteiger partial charge is 0.326 e. The summed E-state index contributed by atoms with van der Waals surface area (Å²) < 4.78 is 10.5. The molecule has 0 spiro atoms. The van der Waals surface area contributed by atoms with Gasteiger partial charge in [0.2, 0.25) is 0 Å². The van der Waals surface area contributed by atoms with Crippen LogP contribution in [0.4, 0.5) is 4.79 Å². The lowest BCUT2D eigenvalue weighted by Gasteiger charge is -2.26. The summed E-state index contributed by atoms with van der Waals surface area (Å²) in [6, 6.07) is -0.783. The van der Waals surface area contributed by atoms with Crippen molar-refractivity contribution in [2.45, 2.75) is 65.2 Å². The Kier molecular flexibility index (Phi) is 5.43. The number of hydrogen-bond donors (Lipinski definition) is 1. The number of nitrogens with zero attached hydrogens (tertiary/aromatic N) is 1. The zero-order valence-corrected chi connectivity index (χ0v) is 14.2. The zero-order chi connectivity index (χ0) is 17.1. The summed E-state index contributed by atoms with van der Waals surface area (Å²) >= 11 is 0. The van der Waals surface area contributed by atoms with E-state index in [4.69, 9.17) is 9.47 Å². The van der Waals surface area contributed by atoms with Gasteiger partial charge >= 0.3 is 18.0 Å². The lowest BCUT2D eigenvalue weighted by molar-refractivity contribution is -0.159. The Bertz CT molecular complexity index is 448. The molecule has 126 valence electrons. The van der Waals surface area contributed by atoms with Crippen LogP contribution in [0.1, 0.15) is 48.0 Å². The predicted octanol–water partition coefficient (Wildman–Crippen LogP) is 1.45. The van der Waals surface area contributed by atoms with Gasteiger partial charge in [-0.25, -0.2) is 4.79 Å². The number of carbonyl (C=O) groups is 3. The van der Waals surface area contributed by atoms with Gasteiger partial charge in [-0.15, -0.1) is 0 Å². The molecular formula is C15H26N2O5. The first-order valence-electron chi connectivity index (χ1n) is 7.35. The fourth-order valence-electron chi connectivity index (χ4n) is 2.05. The van der Waals surface area contributed by atoms with E-state index in [2.05, 4.69) is 5.32 Å². The molecule has 1 rings (SSSR count). The second kappa shape index (κ2) is 6.54. The van der Waals surface area contributed by atoms with Crippen molar-refractivity contribution < 1.29 is 23.9 Å². The molecule has 0 aromatic heterocycles. The molecule has 1 aliphatic heterocycles. The summed E-state index contributed by atoms with van der Waals surface area (Å²) in [7, 11) is 0. The first-order valence-corrected chi connectivity index (χ1v) is 7.35. The van der Waals surface area contributed by atoms with Crippen LogP contribution in [-0.4, -0.2) is 53.2 Å².